The minimum atomic E-state index is -2.00. The van der Waals surface area contributed by atoms with Crippen LogP contribution < -0.4 is 0 Å². The molecule has 0 aliphatic carbocycles. The Labute approximate surface area is 186 Å². The van der Waals surface area contributed by atoms with Gasteiger partial charge in [-0.05, 0) is 30.1 Å². The van der Waals surface area contributed by atoms with Crippen molar-refractivity contribution in [3.05, 3.63) is 35.9 Å². The van der Waals surface area contributed by atoms with Crippen LogP contribution in [0, 0.1) is 5.92 Å². The topological polar surface area (TPSA) is 85.3 Å². The van der Waals surface area contributed by atoms with Gasteiger partial charge in [-0.3, -0.25) is 4.79 Å². The van der Waals surface area contributed by atoms with Crippen LogP contribution in [0.5, 0.6) is 0 Å². The van der Waals surface area contributed by atoms with Crippen LogP contribution in [0.3, 0.4) is 0 Å². The van der Waals surface area contributed by atoms with Gasteiger partial charge < -0.3 is 19.0 Å². The Hall–Kier alpha value is -1.74. The third kappa shape index (κ3) is 6.16. The molecule has 0 saturated carbocycles. The van der Waals surface area contributed by atoms with Crippen molar-refractivity contribution in [3.8, 4) is 0 Å². The van der Waals surface area contributed by atoms with Crippen molar-refractivity contribution < 1.29 is 28.6 Å². The normalized spacial score (nSPS) is 20.3. The second-order valence-corrected chi connectivity index (χ2v) is 14.6. The van der Waals surface area contributed by atoms with Gasteiger partial charge in [-0.25, -0.2) is 9.69 Å². The molecule has 0 spiro atoms. The van der Waals surface area contributed by atoms with E-state index in [1.54, 1.807) is 0 Å². The minimum Gasteiger partial charge on any atom is -0.447 e. The molecular weight excluding hydrogens is 414 g/mol. The van der Waals surface area contributed by atoms with Gasteiger partial charge in [0.25, 0.3) is 5.91 Å². The molecule has 1 fully saturated rings. The monoisotopic (exact) mass is 451 g/mol. The Morgan fingerprint density at radius 2 is 1.90 bits per heavy atom. The van der Waals surface area contributed by atoms with Crippen LogP contribution in [0.15, 0.2) is 30.3 Å². The van der Waals surface area contributed by atoms with Gasteiger partial charge in [0.2, 0.25) is 0 Å². The van der Waals surface area contributed by atoms with E-state index in [4.69, 9.17) is 13.9 Å². The van der Waals surface area contributed by atoms with Gasteiger partial charge in [0.05, 0.1) is 12.1 Å². The number of aliphatic hydroxyl groups is 1. The first kappa shape index (κ1) is 25.5. The molecule has 1 saturated heterocycles. The molecule has 4 atom stereocenters. The Morgan fingerprint density at radius 3 is 2.45 bits per heavy atom. The van der Waals surface area contributed by atoms with Gasteiger partial charge in [0, 0.05) is 19.6 Å². The summed E-state index contributed by atoms with van der Waals surface area (Å²) in [4.78, 5) is 26.6. The number of rotatable bonds is 9. The fourth-order valence-corrected chi connectivity index (χ4v) is 4.36. The smallest absolute Gasteiger partial charge is 0.417 e. The summed E-state index contributed by atoms with van der Waals surface area (Å²) in [5, 5.41) is 10.9. The van der Waals surface area contributed by atoms with Gasteiger partial charge >= 0.3 is 6.09 Å². The highest BCUT2D eigenvalue weighted by Crippen LogP contribution is 2.37. The number of hydrogen-bond acceptors (Lipinski definition) is 6. The van der Waals surface area contributed by atoms with E-state index in [1.165, 1.54) is 7.11 Å². The molecule has 1 aromatic rings. The van der Waals surface area contributed by atoms with Crippen molar-refractivity contribution in [3.63, 3.8) is 0 Å². The molecule has 1 N–H and O–H groups in total. The lowest BCUT2D eigenvalue weighted by Crippen LogP contribution is -2.52. The molecule has 31 heavy (non-hydrogen) atoms. The van der Waals surface area contributed by atoms with E-state index in [1.807, 2.05) is 37.3 Å². The summed E-state index contributed by atoms with van der Waals surface area (Å²) in [5.74, 6) is -0.938. The fraction of sp³-hybridized carbons (Fsp3) is 0.652. The summed E-state index contributed by atoms with van der Waals surface area (Å²) in [7, 11) is -0.636. The third-order valence-electron chi connectivity index (χ3n) is 6.42. The van der Waals surface area contributed by atoms with E-state index in [9.17, 15) is 14.7 Å². The zero-order chi connectivity index (χ0) is 23.4. The first-order valence-corrected chi connectivity index (χ1v) is 13.7. The van der Waals surface area contributed by atoms with E-state index in [0.29, 0.717) is 13.0 Å². The first-order chi connectivity index (χ1) is 14.4. The number of benzene rings is 1. The van der Waals surface area contributed by atoms with E-state index in [-0.39, 0.29) is 17.6 Å². The lowest BCUT2D eigenvalue weighted by molar-refractivity contribution is -0.149. The summed E-state index contributed by atoms with van der Waals surface area (Å²) >= 11 is 0. The lowest BCUT2D eigenvalue weighted by atomic mass is 9.98. The summed E-state index contributed by atoms with van der Waals surface area (Å²) in [6.45, 7) is 13.0. The zero-order valence-corrected chi connectivity index (χ0v) is 20.8. The van der Waals surface area contributed by atoms with Crippen LogP contribution in [-0.4, -0.2) is 68.9 Å². The molecule has 1 aliphatic rings. The summed E-state index contributed by atoms with van der Waals surface area (Å²) in [6.07, 6.45) is -2.52. The summed E-state index contributed by atoms with van der Waals surface area (Å²) in [5.41, 5.74) is 0.995. The maximum atomic E-state index is 13.2. The predicted molar refractivity (Wildman–Crippen MR) is 121 cm³/mol. The summed E-state index contributed by atoms with van der Waals surface area (Å²) < 4.78 is 16.7. The maximum absolute atomic E-state index is 13.2. The van der Waals surface area contributed by atoms with Crippen molar-refractivity contribution >= 4 is 20.3 Å². The van der Waals surface area contributed by atoms with Crippen LogP contribution >= 0.6 is 0 Å². The van der Waals surface area contributed by atoms with E-state index in [0.717, 1.165) is 10.5 Å². The summed E-state index contributed by atoms with van der Waals surface area (Å²) in [6, 6.07) is 9.16. The molecule has 1 aliphatic heterocycles. The van der Waals surface area contributed by atoms with Gasteiger partial charge in [-0.2, -0.15) is 0 Å². The van der Waals surface area contributed by atoms with Crippen LogP contribution in [0.4, 0.5) is 4.79 Å². The molecule has 8 heteroatoms. The van der Waals surface area contributed by atoms with Crippen molar-refractivity contribution in [2.24, 2.45) is 5.92 Å². The van der Waals surface area contributed by atoms with E-state index >= 15 is 0 Å². The number of amides is 2. The number of aliphatic hydroxyl groups excluding tert-OH is 1. The molecule has 0 bridgehead atoms. The maximum Gasteiger partial charge on any atom is 0.417 e. The highest BCUT2D eigenvalue weighted by molar-refractivity contribution is 6.74. The first-order valence-electron chi connectivity index (χ1n) is 10.8. The number of carbonyl (C=O) groups excluding carboxylic acids is 2. The molecule has 174 valence electrons. The van der Waals surface area contributed by atoms with Crippen LogP contribution in [-0.2, 0) is 25.1 Å². The standard InChI is InChI=1S/C23H37NO6Si/c1-16(14-30-31(6,7)23(2,3)4)19(25)20(28-5)21(26)24-18(15-29-22(24)27)13-17-11-9-8-10-12-17/h8-12,16,18-20,25H,13-15H2,1-7H3/t16-,18-,19+,20-/m1/s1. The van der Waals surface area contributed by atoms with Crippen molar-refractivity contribution in [2.45, 2.75) is 70.5 Å². The number of carbonyl (C=O) groups is 2. The van der Waals surface area contributed by atoms with Crippen molar-refractivity contribution in [1.82, 2.24) is 4.90 Å². The highest BCUT2D eigenvalue weighted by atomic mass is 28.4. The number of methoxy groups -OCH3 is 1. The quantitative estimate of drug-likeness (QED) is 0.577. The Morgan fingerprint density at radius 1 is 1.29 bits per heavy atom. The second-order valence-electron chi connectivity index (χ2n) is 9.82. The molecule has 1 aromatic carbocycles. The average Bonchev–Trinajstić information content (AvgIpc) is 3.06. The molecular formula is C23H37NO6Si. The molecule has 2 rings (SSSR count). The van der Waals surface area contributed by atoms with Gasteiger partial charge in [-0.15, -0.1) is 0 Å². The average molecular weight is 452 g/mol. The number of cyclic esters (lactones) is 1. The van der Waals surface area contributed by atoms with E-state index in [2.05, 4.69) is 33.9 Å². The molecule has 0 radical (unpaired) electrons. The Balaban J connectivity index is 2.08. The second kappa shape index (κ2) is 10.2. The third-order valence-corrected chi connectivity index (χ3v) is 10.9. The zero-order valence-electron chi connectivity index (χ0n) is 19.8. The lowest BCUT2D eigenvalue weighted by Gasteiger charge is -2.38. The molecule has 0 aromatic heterocycles. The highest BCUT2D eigenvalue weighted by Gasteiger charge is 2.44. The van der Waals surface area contributed by atoms with Crippen molar-refractivity contribution in [2.75, 3.05) is 20.3 Å². The number of hydrogen-bond donors (Lipinski definition) is 1. The SMILES string of the molecule is CO[C@@H](C(=O)N1C(=O)OC[C@H]1Cc1ccccc1)[C@@H](O)[C@H](C)CO[Si](C)(C)C(C)(C)C. The van der Waals surface area contributed by atoms with Crippen LogP contribution in [0.1, 0.15) is 33.3 Å². The molecule has 1 heterocycles. The van der Waals surface area contributed by atoms with Crippen molar-refractivity contribution in [1.29, 1.82) is 0 Å². The number of imide groups is 1. The number of nitrogens with zero attached hydrogens (tertiary/aromatic N) is 1. The molecule has 2 amide bonds. The van der Waals surface area contributed by atoms with Gasteiger partial charge in [0.15, 0.2) is 14.4 Å². The van der Waals surface area contributed by atoms with Gasteiger partial charge in [-0.1, -0.05) is 58.0 Å². The van der Waals surface area contributed by atoms with Gasteiger partial charge in [0.1, 0.15) is 6.61 Å². The largest absolute Gasteiger partial charge is 0.447 e. The Kier molecular flexibility index (Phi) is 8.44. The Bertz CT molecular complexity index is 748. The minimum absolute atomic E-state index is 0.0398. The number of ether oxygens (including phenoxy) is 2. The molecule has 0 unspecified atom stereocenters. The van der Waals surface area contributed by atoms with Crippen LogP contribution in [0.25, 0.3) is 0 Å². The fourth-order valence-electron chi connectivity index (χ4n) is 3.24. The van der Waals surface area contributed by atoms with E-state index < -0.39 is 38.6 Å². The predicted octanol–water partition coefficient (Wildman–Crippen LogP) is 3.61. The molecule has 7 nitrogen and oxygen atoms in total. The van der Waals surface area contributed by atoms with Crippen LogP contribution in [0.2, 0.25) is 18.1 Å².